The molecular formula is C23H25N3O4S3. The van der Waals surface area contributed by atoms with Gasteiger partial charge in [0.25, 0.3) is 0 Å². The lowest BCUT2D eigenvalue weighted by Gasteiger charge is -2.30. The van der Waals surface area contributed by atoms with Crippen molar-refractivity contribution in [2.24, 2.45) is 5.92 Å². The van der Waals surface area contributed by atoms with Gasteiger partial charge < -0.3 is 9.84 Å². The Hall–Kier alpha value is -2.40. The van der Waals surface area contributed by atoms with Gasteiger partial charge in [0.2, 0.25) is 15.9 Å². The summed E-state index contributed by atoms with van der Waals surface area (Å²) in [5, 5.41) is 8.80. The highest BCUT2D eigenvalue weighted by Gasteiger charge is 2.35. The van der Waals surface area contributed by atoms with Crippen molar-refractivity contribution in [1.29, 1.82) is 0 Å². The zero-order valence-corrected chi connectivity index (χ0v) is 20.8. The fraction of sp³-hybridized carbons (Fsp3) is 0.304. The van der Waals surface area contributed by atoms with Crippen molar-refractivity contribution < 1.29 is 17.7 Å². The molecule has 0 unspecified atom stereocenters. The van der Waals surface area contributed by atoms with Crippen LogP contribution in [0.3, 0.4) is 0 Å². The average molecular weight is 504 g/mol. The van der Waals surface area contributed by atoms with Gasteiger partial charge >= 0.3 is 0 Å². The summed E-state index contributed by atoms with van der Waals surface area (Å²) in [6.45, 7) is 2.16. The third-order valence-corrected chi connectivity index (χ3v) is 9.16. The quantitative estimate of drug-likeness (QED) is 0.457. The molecule has 4 rings (SSSR count). The monoisotopic (exact) mass is 503 g/mol. The van der Waals surface area contributed by atoms with Crippen molar-refractivity contribution in [3.63, 3.8) is 0 Å². The van der Waals surface area contributed by atoms with E-state index in [9.17, 15) is 13.2 Å². The largest absolute Gasteiger partial charge is 0.355 e. The zero-order chi connectivity index (χ0) is 23.4. The molecule has 0 saturated carbocycles. The van der Waals surface area contributed by atoms with Crippen molar-refractivity contribution in [1.82, 2.24) is 9.46 Å². The van der Waals surface area contributed by atoms with Crippen LogP contribution < -0.4 is 5.32 Å². The van der Waals surface area contributed by atoms with Gasteiger partial charge in [-0.25, -0.2) is 8.42 Å². The number of thiophene rings is 1. The van der Waals surface area contributed by atoms with Crippen LogP contribution >= 0.6 is 23.1 Å². The zero-order valence-electron chi connectivity index (χ0n) is 18.4. The molecule has 7 nitrogen and oxygen atoms in total. The van der Waals surface area contributed by atoms with E-state index in [1.54, 1.807) is 36.1 Å². The van der Waals surface area contributed by atoms with E-state index in [1.807, 2.05) is 54.1 Å². The van der Waals surface area contributed by atoms with Crippen LogP contribution in [-0.2, 0) is 14.8 Å². The number of aromatic nitrogens is 1. The van der Waals surface area contributed by atoms with Crippen LogP contribution in [0, 0.1) is 12.8 Å². The van der Waals surface area contributed by atoms with E-state index in [0.717, 1.165) is 15.5 Å². The first-order valence-electron chi connectivity index (χ1n) is 10.5. The van der Waals surface area contributed by atoms with Gasteiger partial charge in [0.05, 0.1) is 0 Å². The molecule has 1 saturated heterocycles. The molecule has 1 aliphatic rings. The summed E-state index contributed by atoms with van der Waals surface area (Å²) in [5.74, 6) is -0.100. The Morgan fingerprint density at radius 2 is 2.03 bits per heavy atom. The van der Waals surface area contributed by atoms with Crippen molar-refractivity contribution in [2.75, 3.05) is 24.7 Å². The van der Waals surface area contributed by atoms with E-state index in [4.69, 9.17) is 4.52 Å². The molecule has 0 atom stereocenters. The molecule has 1 fully saturated rings. The average Bonchev–Trinajstić information content (AvgIpc) is 3.47. The van der Waals surface area contributed by atoms with Crippen molar-refractivity contribution in [2.45, 2.75) is 29.6 Å². The number of aryl methyl sites for hydroxylation is 1. The summed E-state index contributed by atoms with van der Waals surface area (Å²) in [6.07, 6.45) is 6.35. The molecule has 1 aromatic carbocycles. The number of hydrogen-bond acceptors (Lipinski definition) is 7. The molecular weight excluding hydrogens is 478 g/mol. The van der Waals surface area contributed by atoms with E-state index < -0.39 is 10.0 Å². The Morgan fingerprint density at radius 1 is 1.24 bits per heavy atom. The summed E-state index contributed by atoms with van der Waals surface area (Å²) >= 11 is 3.16. The number of benzene rings is 1. The lowest BCUT2D eigenvalue weighted by atomic mass is 9.97. The number of rotatable bonds is 7. The second kappa shape index (κ2) is 10.3. The first kappa shape index (κ1) is 23.7. The molecule has 1 aliphatic heterocycles. The maximum absolute atomic E-state index is 13.4. The molecule has 1 amide bonds. The lowest BCUT2D eigenvalue weighted by Crippen LogP contribution is -2.41. The van der Waals surface area contributed by atoms with Gasteiger partial charge in [0.1, 0.15) is 5.69 Å². The van der Waals surface area contributed by atoms with Crippen LogP contribution in [0.2, 0.25) is 0 Å². The SMILES string of the molecule is CSc1cccc(NC(=O)C2CCN(S(=O)(=O)c3c(C)noc3C=Cc3cccs3)CC2)c1. The molecule has 3 heterocycles. The topological polar surface area (TPSA) is 92.5 Å². The van der Waals surface area contributed by atoms with Crippen LogP contribution in [0.15, 0.2) is 56.1 Å². The van der Waals surface area contributed by atoms with Gasteiger partial charge in [-0.05, 0) is 67.8 Å². The molecule has 0 spiro atoms. The van der Waals surface area contributed by atoms with Crippen LogP contribution in [0.1, 0.15) is 29.2 Å². The second-order valence-corrected chi connectivity index (χ2v) is 11.4. The molecule has 0 aliphatic carbocycles. The van der Waals surface area contributed by atoms with E-state index in [2.05, 4.69) is 10.5 Å². The maximum Gasteiger partial charge on any atom is 0.248 e. The molecule has 2 aromatic heterocycles. The summed E-state index contributed by atoms with van der Waals surface area (Å²) in [7, 11) is -3.79. The Labute approximate surface area is 201 Å². The standard InChI is InChI=1S/C23H25N3O4S3/c1-16-22(21(30-25-16)9-8-19-7-4-14-32-19)33(28,29)26-12-10-17(11-13-26)23(27)24-18-5-3-6-20(15-18)31-2/h3-9,14-15,17H,10-13H2,1-2H3,(H,24,27). The number of carbonyl (C=O) groups excluding carboxylic acids is 1. The van der Waals surface area contributed by atoms with Crippen molar-refractivity contribution in [3.05, 3.63) is 58.1 Å². The molecule has 33 heavy (non-hydrogen) atoms. The lowest BCUT2D eigenvalue weighted by molar-refractivity contribution is -0.120. The molecule has 174 valence electrons. The number of carbonyl (C=O) groups is 1. The fourth-order valence-corrected chi connectivity index (χ4v) is 6.57. The summed E-state index contributed by atoms with van der Waals surface area (Å²) in [5.41, 5.74) is 1.08. The van der Waals surface area contributed by atoms with Crippen molar-refractivity contribution >= 4 is 56.9 Å². The first-order valence-corrected chi connectivity index (χ1v) is 14.1. The van der Waals surface area contributed by atoms with Crippen LogP contribution in [-0.4, -0.2) is 43.1 Å². The Bertz CT molecular complexity index is 1240. The molecule has 0 bridgehead atoms. The molecule has 10 heteroatoms. The summed E-state index contributed by atoms with van der Waals surface area (Å²) in [4.78, 5) is 14.9. The molecule has 0 radical (unpaired) electrons. The first-order chi connectivity index (χ1) is 15.9. The predicted molar refractivity (Wildman–Crippen MR) is 133 cm³/mol. The van der Waals surface area contributed by atoms with Crippen molar-refractivity contribution in [3.8, 4) is 0 Å². The Balaban J connectivity index is 1.43. The van der Waals surface area contributed by atoms with Gasteiger partial charge in [-0.3, -0.25) is 4.79 Å². The number of sulfonamides is 1. The third-order valence-electron chi connectivity index (χ3n) is 5.54. The highest BCUT2D eigenvalue weighted by molar-refractivity contribution is 7.98. The van der Waals surface area contributed by atoms with E-state index in [0.29, 0.717) is 18.5 Å². The third kappa shape index (κ3) is 5.40. The van der Waals surface area contributed by atoms with Gasteiger partial charge in [0, 0.05) is 34.5 Å². The number of hydrogen-bond donors (Lipinski definition) is 1. The predicted octanol–water partition coefficient (Wildman–Crippen LogP) is 4.98. The van der Waals surface area contributed by atoms with Crippen LogP contribution in [0.25, 0.3) is 12.2 Å². The number of piperidine rings is 1. The van der Waals surface area contributed by atoms with E-state index in [1.165, 1.54) is 4.31 Å². The highest BCUT2D eigenvalue weighted by Crippen LogP contribution is 2.30. The Morgan fingerprint density at radius 3 is 2.73 bits per heavy atom. The molecule has 1 N–H and O–H groups in total. The second-order valence-electron chi connectivity index (χ2n) is 7.71. The Kier molecular flexibility index (Phi) is 7.38. The maximum atomic E-state index is 13.4. The highest BCUT2D eigenvalue weighted by atomic mass is 32.2. The van der Waals surface area contributed by atoms with E-state index >= 15 is 0 Å². The summed E-state index contributed by atoms with van der Waals surface area (Å²) < 4.78 is 33.5. The number of nitrogens with zero attached hydrogens (tertiary/aromatic N) is 2. The minimum Gasteiger partial charge on any atom is -0.355 e. The molecule has 3 aromatic rings. The number of anilines is 1. The minimum absolute atomic E-state index is 0.0778. The van der Waals surface area contributed by atoms with Crippen LogP contribution in [0.5, 0.6) is 0 Å². The number of thioether (sulfide) groups is 1. The number of nitrogens with one attached hydrogen (secondary N) is 1. The van der Waals surface area contributed by atoms with Gasteiger partial charge in [-0.1, -0.05) is 17.3 Å². The van der Waals surface area contributed by atoms with Gasteiger partial charge in [0.15, 0.2) is 10.7 Å². The van der Waals surface area contributed by atoms with E-state index in [-0.39, 0.29) is 35.6 Å². The fourth-order valence-electron chi connectivity index (χ4n) is 3.78. The summed E-state index contributed by atoms with van der Waals surface area (Å²) in [6, 6.07) is 11.5. The number of amides is 1. The minimum atomic E-state index is -3.79. The van der Waals surface area contributed by atoms with Gasteiger partial charge in [-0.2, -0.15) is 4.31 Å². The van der Waals surface area contributed by atoms with Crippen LogP contribution in [0.4, 0.5) is 5.69 Å². The van der Waals surface area contributed by atoms with Gasteiger partial charge in [-0.15, -0.1) is 23.1 Å². The smallest absolute Gasteiger partial charge is 0.248 e. The normalized spacial score (nSPS) is 15.8.